The molecule has 0 aliphatic rings. The van der Waals surface area contributed by atoms with Crippen molar-refractivity contribution >= 4 is 56.1 Å². The van der Waals surface area contributed by atoms with Crippen molar-refractivity contribution in [2.45, 2.75) is 11.4 Å². The number of non-ortho nitro benzene ring substituents is 1. The first-order valence-corrected chi connectivity index (χ1v) is 11.8. The van der Waals surface area contributed by atoms with Gasteiger partial charge in [-0.2, -0.15) is 0 Å². The van der Waals surface area contributed by atoms with Gasteiger partial charge in [0.05, 0.1) is 21.7 Å². The van der Waals surface area contributed by atoms with Crippen molar-refractivity contribution in [3.63, 3.8) is 0 Å². The molecule has 0 spiro atoms. The number of hydrogen-bond donors (Lipinski definition) is 0. The number of amides is 1. The fourth-order valence-corrected chi connectivity index (χ4v) is 4.63. The first-order chi connectivity index (χ1) is 15.5. The molecule has 160 valence electrons. The highest BCUT2D eigenvalue weighted by Crippen LogP contribution is 2.32. The molecular formula is C24H19N3O3S2. The topological polar surface area (TPSA) is 76.3 Å². The van der Waals surface area contributed by atoms with Crippen molar-refractivity contribution in [3.8, 4) is 0 Å². The Bertz CT molecular complexity index is 1290. The van der Waals surface area contributed by atoms with E-state index in [4.69, 9.17) is 4.98 Å². The van der Waals surface area contributed by atoms with Crippen molar-refractivity contribution in [2.75, 3.05) is 11.2 Å². The van der Waals surface area contributed by atoms with Crippen LogP contribution in [0.1, 0.15) is 11.1 Å². The van der Waals surface area contributed by atoms with Gasteiger partial charge < -0.3 is 0 Å². The summed E-state index contributed by atoms with van der Waals surface area (Å²) in [6.45, 7) is 0.388. The summed E-state index contributed by atoms with van der Waals surface area (Å²) in [4.78, 5) is 31.1. The molecule has 0 aliphatic heterocycles. The van der Waals surface area contributed by atoms with E-state index in [9.17, 15) is 14.9 Å². The van der Waals surface area contributed by atoms with Crippen LogP contribution in [0.25, 0.3) is 16.3 Å². The van der Waals surface area contributed by atoms with E-state index in [0.29, 0.717) is 17.2 Å². The number of nitrogens with zero attached hydrogens (tertiary/aromatic N) is 3. The lowest BCUT2D eigenvalue weighted by Crippen LogP contribution is -2.28. The molecule has 0 bridgehead atoms. The summed E-state index contributed by atoms with van der Waals surface area (Å²) in [5.41, 5.74) is 2.57. The predicted octanol–water partition coefficient (Wildman–Crippen LogP) is 6.17. The lowest BCUT2D eigenvalue weighted by atomic mass is 10.2. The number of benzene rings is 3. The molecule has 4 rings (SSSR count). The maximum Gasteiger partial charge on any atom is 0.269 e. The zero-order chi connectivity index (χ0) is 22.5. The number of thiazole rings is 1. The Balaban J connectivity index is 1.64. The second-order valence-corrected chi connectivity index (χ2v) is 8.81. The average Bonchev–Trinajstić information content (AvgIpc) is 3.24. The zero-order valence-electron chi connectivity index (χ0n) is 17.2. The number of nitro benzene ring substituents is 1. The number of carbonyl (C=O) groups is 1. The van der Waals surface area contributed by atoms with Gasteiger partial charge in [0.25, 0.3) is 11.6 Å². The fraction of sp³-hybridized carbons (Fsp3) is 0.0833. The number of anilines is 1. The van der Waals surface area contributed by atoms with E-state index in [0.717, 1.165) is 20.7 Å². The molecule has 0 aliphatic carbocycles. The minimum Gasteiger partial charge on any atom is -0.280 e. The lowest BCUT2D eigenvalue weighted by Gasteiger charge is -2.18. The summed E-state index contributed by atoms with van der Waals surface area (Å²) >= 11 is 3.14. The predicted molar refractivity (Wildman–Crippen MR) is 131 cm³/mol. The maximum absolute atomic E-state index is 13.2. The highest BCUT2D eigenvalue weighted by Gasteiger charge is 2.18. The summed E-state index contributed by atoms with van der Waals surface area (Å²) < 4.78 is 1.03. The minimum absolute atomic E-state index is 0.0123. The van der Waals surface area contributed by atoms with Crippen molar-refractivity contribution in [2.24, 2.45) is 0 Å². The second kappa shape index (κ2) is 9.76. The van der Waals surface area contributed by atoms with Crippen LogP contribution in [0, 0.1) is 10.1 Å². The second-order valence-electron chi connectivity index (χ2n) is 6.92. The molecule has 0 fully saturated rings. The highest BCUT2D eigenvalue weighted by molar-refractivity contribution is 7.98. The quantitative estimate of drug-likeness (QED) is 0.142. The third-order valence-corrected chi connectivity index (χ3v) is 6.55. The molecule has 0 N–H and O–H groups in total. The van der Waals surface area contributed by atoms with E-state index >= 15 is 0 Å². The number of thioether (sulfide) groups is 1. The standard InChI is InChI=1S/C24H19N3O3S2/c1-31-20-12-13-21-22(15-20)32-24(25-21)26(16-18-5-3-2-4-6-18)23(28)14-9-17-7-10-19(11-8-17)27(29)30/h2-15H,16H2,1H3/b14-9-. The Hall–Kier alpha value is -3.49. The monoisotopic (exact) mass is 461 g/mol. The Kier molecular flexibility index (Phi) is 6.63. The molecule has 1 aromatic heterocycles. The van der Waals surface area contributed by atoms with Crippen molar-refractivity contribution < 1.29 is 9.72 Å². The van der Waals surface area contributed by atoms with Crippen molar-refractivity contribution in [1.29, 1.82) is 0 Å². The number of aromatic nitrogens is 1. The van der Waals surface area contributed by atoms with Gasteiger partial charge in [-0.1, -0.05) is 41.7 Å². The van der Waals surface area contributed by atoms with Gasteiger partial charge in [0.1, 0.15) is 0 Å². The summed E-state index contributed by atoms with van der Waals surface area (Å²) in [6, 6.07) is 21.9. The van der Waals surface area contributed by atoms with Crippen LogP contribution in [0.2, 0.25) is 0 Å². The largest absolute Gasteiger partial charge is 0.280 e. The molecule has 0 saturated heterocycles. The van der Waals surface area contributed by atoms with Gasteiger partial charge in [0, 0.05) is 23.1 Å². The van der Waals surface area contributed by atoms with E-state index in [2.05, 4.69) is 6.07 Å². The summed E-state index contributed by atoms with van der Waals surface area (Å²) in [5.74, 6) is -0.212. The Morgan fingerprint density at radius 1 is 1.12 bits per heavy atom. The summed E-state index contributed by atoms with van der Waals surface area (Å²) in [7, 11) is 0. The first-order valence-electron chi connectivity index (χ1n) is 9.76. The average molecular weight is 462 g/mol. The minimum atomic E-state index is -0.449. The van der Waals surface area contributed by atoms with Crippen molar-refractivity contribution in [1.82, 2.24) is 4.98 Å². The SMILES string of the molecule is CSc1ccc2nc(N(Cc3ccccc3)C(=O)/C=C\c3ccc([N+](=O)[O-])cc3)sc2c1. The Morgan fingerprint density at radius 2 is 1.88 bits per heavy atom. The molecule has 1 heterocycles. The van der Waals surface area contributed by atoms with Crippen LogP contribution in [-0.2, 0) is 11.3 Å². The third-order valence-electron chi connectivity index (χ3n) is 4.79. The van der Waals surface area contributed by atoms with Crippen LogP contribution < -0.4 is 4.90 Å². The molecule has 0 saturated carbocycles. The van der Waals surface area contributed by atoms with Crippen molar-refractivity contribution in [3.05, 3.63) is 100 Å². The van der Waals surface area contributed by atoms with Gasteiger partial charge in [-0.15, -0.1) is 11.8 Å². The third kappa shape index (κ3) is 5.04. The molecular weight excluding hydrogens is 442 g/mol. The van der Waals surface area contributed by atoms with Crippen LogP contribution >= 0.6 is 23.1 Å². The Morgan fingerprint density at radius 3 is 2.56 bits per heavy atom. The molecule has 0 unspecified atom stereocenters. The molecule has 1 amide bonds. The lowest BCUT2D eigenvalue weighted by molar-refractivity contribution is -0.384. The van der Waals surface area contributed by atoms with Gasteiger partial charge in [-0.05, 0) is 53.8 Å². The maximum atomic E-state index is 13.2. The Labute approximate surface area is 193 Å². The van der Waals surface area contributed by atoms with Gasteiger partial charge >= 0.3 is 0 Å². The number of rotatable bonds is 7. The van der Waals surface area contributed by atoms with E-state index in [1.54, 1.807) is 34.9 Å². The van der Waals surface area contributed by atoms with Crippen LogP contribution in [0.4, 0.5) is 10.8 Å². The summed E-state index contributed by atoms with van der Waals surface area (Å²) in [6.07, 6.45) is 5.16. The molecule has 0 radical (unpaired) electrons. The summed E-state index contributed by atoms with van der Waals surface area (Å²) in [5, 5.41) is 11.5. The molecule has 4 aromatic rings. The van der Waals surface area contributed by atoms with Gasteiger partial charge in [-0.3, -0.25) is 19.8 Å². The number of nitro groups is 1. The normalized spacial score (nSPS) is 11.2. The zero-order valence-corrected chi connectivity index (χ0v) is 18.8. The highest BCUT2D eigenvalue weighted by atomic mass is 32.2. The van der Waals surface area contributed by atoms with Gasteiger partial charge in [0.2, 0.25) is 0 Å². The van der Waals surface area contributed by atoms with Gasteiger partial charge in [-0.25, -0.2) is 4.98 Å². The number of hydrogen-bond acceptors (Lipinski definition) is 6. The van der Waals surface area contributed by atoms with E-state index in [1.165, 1.54) is 29.5 Å². The first kappa shape index (κ1) is 21.7. The van der Waals surface area contributed by atoms with Crippen LogP contribution in [0.3, 0.4) is 0 Å². The van der Waals surface area contributed by atoms with E-state index < -0.39 is 4.92 Å². The smallest absolute Gasteiger partial charge is 0.269 e. The van der Waals surface area contributed by atoms with Crippen LogP contribution in [0.15, 0.2) is 83.8 Å². The molecule has 8 heteroatoms. The van der Waals surface area contributed by atoms with E-state index in [-0.39, 0.29) is 11.6 Å². The van der Waals surface area contributed by atoms with Gasteiger partial charge in [0.15, 0.2) is 5.13 Å². The molecule has 32 heavy (non-hydrogen) atoms. The fourth-order valence-electron chi connectivity index (χ4n) is 3.11. The molecule has 6 nitrogen and oxygen atoms in total. The number of fused-ring (bicyclic) bond motifs is 1. The number of carbonyl (C=O) groups excluding carboxylic acids is 1. The molecule has 3 aromatic carbocycles. The van der Waals surface area contributed by atoms with E-state index in [1.807, 2.05) is 48.7 Å². The van der Waals surface area contributed by atoms with Crippen LogP contribution in [0.5, 0.6) is 0 Å². The van der Waals surface area contributed by atoms with Crippen LogP contribution in [-0.4, -0.2) is 22.1 Å². The molecule has 0 atom stereocenters.